The maximum absolute atomic E-state index is 10.9. The number of rotatable bonds is 4. The molecule has 0 saturated heterocycles. The Bertz CT molecular complexity index is 336. The molecule has 15 heavy (non-hydrogen) atoms. The highest BCUT2D eigenvalue weighted by atomic mass is 32.2. The van der Waals surface area contributed by atoms with Crippen LogP contribution >= 0.6 is 0 Å². The van der Waals surface area contributed by atoms with Crippen LogP contribution in [0.15, 0.2) is 12.7 Å². The molecule has 0 aliphatic heterocycles. The molecule has 0 fully saturated rings. The lowest BCUT2D eigenvalue weighted by atomic mass is 10.1. The average Bonchev–Trinajstić information content (AvgIpc) is 2.00. The zero-order chi connectivity index (χ0) is 11.6. The first-order valence-corrected chi connectivity index (χ1v) is 5.28. The van der Waals surface area contributed by atoms with Gasteiger partial charge >= 0.3 is 0 Å². The van der Waals surface area contributed by atoms with Crippen LogP contribution < -0.4 is 17.2 Å². The maximum atomic E-state index is 10.9. The minimum absolute atomic E-state index is 0. The average molecular weight is 239 g/mol. The predicted octanol–water partition coefficient (Wildman–Crippen LogP) is -0.598. The summed E-state index contributed by atoms with van der Waals surface area (Å²) in [6.07, 6.45) is 0.985. The Kier molecular flexibility index (Phi) is 5.72. The number of carbonyl (C=O) groups is 1. The Balaban J connectivity index is 0. The highest BCUT2D eigenvalue weighted by molar-refractivity contribution is 7.86. The second-order valence-electron chi connectivity index (χ2n) is 3.35. The van der Waals surface area contributed by atoms with Crippen LogP contribution in [0.1, 0.15) is 13.8 Å². The Morgan fingerprint density at radius 1 is 1.60 bits per heavy atom. The first kappa shape index (κ1) is 16.5. The SMILES string of the molecule is C=CC(=O)NC(C)(C)C(N)S(=O)(=O)O.N. The van der Waals surface area contributed by atoms with Crippen LogP contribution in [0.5, 0.6) is 0 Å². The van der Waals surface area contributed by atoms with Crippen LogP contribution in [-0.2, 0) is 14.9 Å². The zero-order valence-electron chi connectivity index (χ0n) is 8.73. The number of hydrogen-bond acceptors (Lipinski definition) is 5. The van der Waals surface area contributed by atoms with Crippen molar-refractivity contribution in [2.24, 2.45) is 5.73 Å². The van der Waals surface area contributed by atoms with Crippen LogP contribution in [-0.4, -0.2) is 29.8 Å². The van der Waals surface area contributed by atoms with E-state index in [0.717, 1.165) is 6.08 Å². The van der Waals surface area contributed by atoms with Crippen LogP contribution in [0.2, 0.25) is 0 Å². The summed E-state index contributed by atoms with van der Waals surface area (Å²) in [5, 5.41) is 0.707. The first-order valence-electron chi connectivity index (χ1n) is 3.77. The molecule has 0 heterocycles. The molecule has 0 spiro atoms. The van der Waals surface area contributed by atoms with Crippen molar-refractivity contribution in [2.45, 2.75) is 24.8 Å². The molecule has 1 unspecified atom stereocenters. The highest BCUT2D eigenvalue weighted by Crippen LogP contribution is 2.11. The van der Waals surface area contributed by atoms with Crippen LogP contribution in [0.3, 0.4) is 0 Å². The van der Waals surface area contributed by atoms with E-state index in [1.165, 1.54) is 13.8 Å². The summed E-state index contributed by atoms with van der Waals surface area (Å²) in [7, 11) is -4.39. The summed E-state index contributed by atoms with van der Waals surface area (Å²) in [6.45, 7) is 5.97. The molecule has 0 aromatic carbocycles. The van der Waals surface area contributed by atoms with Gasteiger partial charge in [-0.3, -0.25) is 9.35 Å². The normalized spacial score (nSPS) is 13.6. The number of nitrogens with one attached hydrogen (secondary N) is 1. The van der Waals surface area contributed by atoms with E-state index in [-0.39, 0.29) is 6.15 Å². The van der Waals surface area contributed by atoms with Crippen molar-refractivity contribution in [3.05, 3.63) is 12.7 Å². The highest BCUT2D eigenvalue weighted by Gasteiger charge is 2.36. The van der Waals surface area contributed by atoms with Crippen molar-refractivity contribution in [3.8, 4) is 0 Å². The lowest BCUT2D eigenvalue weighted by Crippen LogP contribution is -2.58. The molecule has 0 saturated carbocycles. The summed E-state index contributed by atoms with van der Waals surface area (Å²) in [5.41, 5.74) is 3.98. The zero-order valence-corrected chi connectivity index (χ0v) is 9.54. The van der Waals surface area contributed by atoms with E-state index in [9.17, 15) is 13.2 Å². The quantitative estimate of drug-likeness (QED) is 0.381. The van der Waals surface area contributed by atoms with Gasteiger partial charge in [-0.05, 0) is 19.9 Å². The van der Waals surface area contributed by atoms with Gasteiger partial charge in [-0.25, -0.2) is 0 Å². The van der Waals surface area contributed by atoms with Gasteiger partial charge in [0.25, 0.3) is 10.1 Å². The summed E-state index contributed by atoms with van der Waals surface area (Å²) in [6, 6.07) is 0. The van der Waals surface area contributed by atoms with Gasteiger partial charge in [0.1, 0.15) is 0 Å². The predicted molar refractivity (Wildman–Crippen MR) is 57.0 cm³/mol. The summed E-state index contributed by atoms with van der Waals surface area (Å²) in [4.78, 5) is 10.9. The number of hydrogen-bond donors (Lipinski definition) is 4. The van der Waals surface area contributed by atoms with E-state index in [0.29, 0.717) is 0 Å². The number of carbonyl (C=O) groups excluding carboxylic acids is 1. The summed E-state index contributed by atoms with van der Waals surface area (Å²) >= 11 is 0. The van der Waals surface area contributed by atoms with Gasteiger partial charge < -0.3 is 17.2 Å². The Morgan fingerprint density at radius 3 is 2.27 bits per heavy atom. The Hall–Kier alpha value is -0.960. The van der Waals surface area contributed by atoms with Gasteiger partial charge in [0, 0.05) is 0 Å². The van der Waals surface area contributed by atoms with E-state index in [4.69, 9.17) is 10.3 Å². The molecular formula is C7H17N3O4S. The number of nitrogens with two attached hydrogens (primary N) is 1. The van der Waals surface area contributed by atoms with E-state index in [1.807, 2.05) is 0 Å². The van der Waals surface area contributed by atoms with Gasteiger partial charge in [0.15, 0.2) is 5.37 Å². The summed E-state index contributed by atoms with van der Waals surface area (Å²) < 4.78 is 30.1. The summed E-state index contributed by atoms with van der Waals surface area (Å²) in [5.74, 6) is -0.561. The van der Waals surface area contributed by atoms with Crippen LogP contribution in [0, 0.1) is 0 Å². The largest absolute Gasteiger partial charge is 0.345 e. The van der Waals surface area contributed by atoms with E-state index in [1.54, 1.807) is 0 Å². The topological polar surface area (TPSA) is 144 Å². The van der Waals surface area contributed by atoms with Crippen molar-refractivity contribution in [2.75, 3.05) is 0 Å². The smallest absolute Gasteiger partial charge is 0.283 e. The van der Waals surface area contributed by atoms with E-state index >= 15 is 0 Å². The molecule has 0 aromatic heterocycles. The Morgan fingerprint density at radius 2 is 2.00 bits per heavy atom. The second kappa shape index (κ2) is 5.21. The molecule has 7 N–H and O–H groups in total. The fourth-order valence-corrected chi connectivity index (χ4v) is 1.62. The van der Waals surface area contributed by atoms with Crippen LogP contribution in [0.25, 0.3) is 0 Å². The molecule has 0 aliphatic rings. The van der Waals surface area contributed by atoms with E-state index < -0.39 is 26.9 Å². The van der Waals surface area contributed by atoms with Crippen molar-refractivity contribution in [3.63, 3.8) is 0 Å². The molecule has 7 nitrogen and oxygen atoms in total. The molecule has 1 amide bonds. The van der Waals surface area contributed by atoms with Crippen molar-refractivity contribution in [1.82, 2.24) is 11.5 Å². The monoisotopic (exact) mass is 239 g/mol. The third-order valence-corrected chi connectivity index (χ3v) is 2.89. The fraction of sp³-hybridized carbons (Fsp3) is 0.571. The molecule has 90 valence electrons. The molecule has 1 atom stereocenters. The first-order chi connectivity index (χ1) is 6.11. The van der Waals surface area contributed by atoms with Gasteiger partial charge in [-0.2, -0.15) is 8.42 Å². The van der Waals surface area contributed by atoms with Crippen molar-refractivity contribution < 1.29 is 17.8 Å². The minimum Gasteiger partial charge on any atom is -0.345 e. The third kappa shape index (κ3) is 4.88. The molecule has 0 rings (SSSR count). The molecule has 0 aromatic rings. The van der Waals surface area contributed by atoms with E-state index in [2.05, 4.69) is 11.9 Å². The molecule has 0 aliphatic carbocycles. The lowest BCUT2D eigenvalue weighted by molar-refractivity contribution is -0.118. The molecule has 0 bridgehead atoms. The molecule has 8 heteroatoms. The fourth-order valence-electron chi connectivity index (χ4n) is 0.812. The van der Waals surface area contributed by atoms with Gasteiger partial charge in [-0.1, -0.05) is 6.58 Å². The maximum Gasteiger partial charge on any atom is 0.283 e. The third-order valence-electron chi connectivity index (χ3n) is 1.66. The van der Waals surface area contributed by atoms with Gasteiger partial charge in [0.05, 0.1) is 5.54 Å². The standard InChI is InChI=1S/C7H14N2O4S.H3N/c1-4-5(10)9-7(2,3)6(8)14(11,12)13;/h4,6H,1,8H2,2-3H3,(H,9,10)(H,11,12,13);1H3. The molecule has 0 radical (unpaired) electrons. The Labute approximate surface area is 89.1 Å². The van der Waals surface area contributed by atoms with Gasteiger partial charge in [-0.15, -0.1) is 0 Å². The van der Waals surface area contributed by atoms with Crippen molar-refractivity contribution in [1.29, 1.82) is 0 Å². The number of amides is 1. The van der Waals surface area contributed by atoms with Gasteiger partial charge in [0.2, 0.25) is 5.91 Å². The van der Waals surface area contributed by atoms with Crippen molar-refractivity contribution >= 4 is 16.0 Å². The van der Waals surface area contributed by atoms with Crippen LogP contribution in [0.4, 0.5) is 0 Å². The lowest BCUT2D eigenvalue weighted by Gasteiger charge is -2.29. The molecular weight excluding hydrogens is 222 g/mol. The second-order valence-corrected chi connectivity index (χ2v) is 4.89. The minimum atomic E-state index is -4.39.